The number of rotatable bonds is 12. The predicted octanol–water partition coefficient (Wildman–Crippen LogP) is -2.39. The second kappa shape index (κ2) is 13.1. The van der Waals surface area contributed by atoms with Crippen LogP contribution in [-0.4, -0.2) is 128 Å². The summed E-state index contributed by atoms with van der Waals surface area (Å²) in [5, 5.41) is 35.8. The zero-order valence-electron chi connectivity index (χ0n) is 20.1. The zero-order valence-corrected chi connectivity index (χ0v) is 21.0. The van der Waals surface area contributed by atoms with Crippen LogP contribution in [0.1, 0.15) is 19.8 Å². The maximum absolute atomic E-state index is 11.9. The third-order valence-corrected chi connectivity index (χ3v) is 7.33. The average Bonchev–Trinajstić information content (AvgIpc) is 2.85. The maximum atomic E-state index is 11.9. The average molecular weight is 523 g/mol. The van der Waals surface area contributed by atoms with Crippen molar-refractivity contribution < 1.29 is 48.6 Å². The largest absolute Gasteiger partial charge is 0.396 e. The van der Waals surface area contributed by atoms with E-state index in [-0.39, 0.29) is 57.2 Å². The molecule has 0 aromatic heterocycles. The molecule has 13 heteroatoms. The molecule has 5 N–H and O–H groups in total. The smallest absolute Gasteiger partial charge is 0.289 e. The Morgan fingerprint density at radius 2 is 2.03 bits per heavy atom. The minimum atomic E-state index is -1.16. The normalized spacial score (nSPS) is 37.7. The highest BCUT2D eigenvalue weighted by Crippen LogP contribution is 2.45. The Kier molecular flexibility index (Phi) is 10.7. The predicted molar refractivity (Wildman–Crippen MR) is 125 cm³/mol. The fraction of sp³-hybridized carbons (Fsp3) is 0.909. The van der Waals surface area contributed by atoms with E-state index in [1.165, 1.54) is 0 Å². The highest BCUT2D eigenvalue weighted by atomic mass is 32.1. The fourth-order valence-electron chi connectivity index (χ4n) is 4.84. The molecule has 1 aliphatic carbocycles. The van der Waals surface area contributed by atoms with Crippen molar-refractivity contribution in [3.8, 4) is 0 Å². The van der Waals surface area contributed by atoms with Crippen molar-refractivity contribution in [3.05, 3.63) is 0 Å². The van der Waals surface area contributed by atoms with E-state index in [1.807, 2.05) is 0 Å². The van der Waals surface area contributed by atoms with E-state index in [2.05, 4.69) is 23.3 Å². The van der Waals surface area contributed by atoms with Crippen molar-refractivity contribution in [3.63, 3.8) is 0 Å². The van der Waals surface area contributed by atoms with Crippen LogP contribution in [0.5, 0.6) is 0 Å². The van der Waals surface area contributed by atoms with Gasteiger partial charge in [0.2, 0.25) is 5.78 Å². The van der Waals surface area contributed by atoms with Crippen LogP contribution in [-0.2, 0) is 33.3 Å². The summed E-state index contributed by atoms with van der Waals surface area (Å²) in [6, 6.07) is -0.636. The first-order chi connectivity index (χ1) is 16.8. The van der Waals surface area contributed by atoms with Gasteiger partial charge in [-0.1, -0.05) is 0 Å². The summed E-state index contributed by atoms with van der Waals surface area (Å²) < 4.78 is 29.5. The molecule has 3 rings (SSSR count). The Labute approximate surface area is 210 Å². The minimum absolute atomic E-state index is 0.168. The van der Waals surface area contributed by atoms with E-state index < -0.39 is 54.0 Å². The summed E-state index contributed by atoms with van der Waals surface area (Å²) in [6.45, 7) is 2.76. The number of carbonyl (C=O) groups excluding carboxylic acids is 2. The number of fused-ring (bicyclic) bond motifs is 2. The van der Waals surface area contributed by atoms with Crippen LogP contribution >= 0.6 is 12.6 Å². The number of aliphatic hydroxyl groups excluding tert-OH is 3. The molecule has 3 aliphatic rings. The molecule has 0 aromatic rings. The van der Waals surface area contributed by atoms with Crippen LogP contribution in [0.2, 0.25) is 0 Å². The van der Waals surface area contributed by atoms with Gasteiger partial charge in [0.05, 0.1) is 50.3 Å². The number of hydrogen-bond acceptors (Lipinski definition) is 12. The number of thiol groups is 1. The first-order valence-electron chi connectivity index (χ1n) is 12.0. The molecule has 2 aliphatic heterocycles. The van der Waals surface area contributed by atoms with E-state index in [1.54, 1.807) is 14.0 Å². The van der Waals surface area contributed by atoms with Crippen molar-refractivity contribution in [2.24, 2.45) is 5.92 Å². The van der Waals surface area contributed by atoms with Gasteiger partial charge in [-0.3, -0.25) is 9.59 Å². The Balaban J connectivity index is 1.42. The SMILES string of the molecule is CN[C@@H](CS)C(=O)C(=O)NCCOCCOC1OCC[C@@H]2OC3(C)[C@H](CO)C[C@H](O)[C@H](O)[C@H]3O[C@H]12. The topological polar surface area (TPSA) is 165 Å². The highest BCUT2D eigenvalue weighted by molar-refractivity contribution is 7.80. The standard InChI is InChI=1S/C22H38N2O10S/c1-22-12(10-25)9-14(26)17(28)19(22)33-18-15(34-22)3-5-31-21(18)32-8-7-30-6-4-24-20(29)16(27)13(11-35)23-2/h12-15,17-19,21,23,25-26,28,35H,3-11H2,1-2H3,(H,24,29)/t12-,13-,14-,15-,17-,18-,19+,21?,22?/m0/s1. The van der Waals surface area contributed by atoms with Crippen molar-refractivity contribution in [2.75, 3.05) is 52.4 Å². The Bertz CT molecular complexity index is 714. The third kappa shape index (κ3) is 6.53. The van der Waals surface area contributed by atoms with Crippen LogP contribution in [0.4, 0.5) is 0 Å². The number of hydrogen-bond donors (Lipinski definition) is 6. The summed E-state index contributed by atoms with van der Waals surface area (Å²) in [7, 11) is 1.59. The Morgan fingerprint density at radius 3 is 2.71 bits per heavy atom. The lowest BCUT2D eigenvalue weighted by Gasteiger charge is -2.57. The van der Waals surface area contributed by atoms with E-state index >= 15 is 0 Å². The van der Waals surface area contributed by atoms with Gasteiger partial charge in [-0.25, -0.2) is 0 Å². The number of carbonyl (C=O) groups is 2. The van der Waals surface area contributed by atoms with Crippen molar-refractivity contribution in [1.29, 1.82) is 0 Å². The van der Waals surface area contributed by atoms with Crippen LogP contribution in [0.3, 0.4) is 0 Å². The minimum Gasteiger partial charge on any atom is -0.396 e. The molecule has 202 valence electrons. The van der Waals surface area contributed by atoms with Gasteiger partial charge in [0, 0.05) is 24.8 Å². The monoisotopic (exact) mass is 522 g/mol. The lowest BCUT2D eigenvalue weighted by Crippen LogP contribution is -2.71. The number of likely N-dealkylation sites (N-methyl/N-ethyl adjacent to an activating group) is 1. The Morgan fingerprint density at radius 1 is 1.26 bits per heavy atom. The van der Waals surface area contributed by atoms with E-state index in [0.29, 0.717) is 13.0 Å². The summed E-state index contributed by atoms with van der Waals surface area (Å²) >= 11 is 4.03. The molecule has 0 spiro atoms. The lowest BCUT2D eigenvalue weighted by molar-refractivity contribution is -0.375. The quantitative estimate of drug-likeness (QED) is 0.0921. The lowest BCUT2D eigenvalue weighted by atomic mass is 9.70. The molecule has 35 heavy (non-hydrogen) atoms. The molecule has 0 bridgehead atoms. The second-order valence-electron chi connectivity index (χ2n) is 9.19. The second-order valence-corrected chi connectivity index (χ2v) is 9.55. The van der Waals surface area contributed by atoms with Gasteiger partial charge in [0.25, 0.3) is 5.91 Å². The van der Waals surface area contributed by atoms with Crippen LogP contribution < -0.4 is 10.6 Å². The molecule has 0 radical (unpaired) electrons. The molecule has 0 aromatic carbocycles. The molecule has 2 unspecified atom stereocenters. The van der Waals surface area contributed by atoms with E-state index in [9.17, 15) is 24.9 Å². The zero-order chi connectivity index (χ0) is 25.6. The van der Waals surface area contributed by atoms with Gasteiger partial charge in [0.15, 0.2) is 6.29 Å². The maximum Gasteiger partial charge on any atom is 0.289 e. The van der Waals surface area contributed by atoms with Gasteiger partial charge in [-0.05, 0) is 26.8 Å². The van der Waals surface area contributed by atoms with Crippen molar-refractivity contribution in [2.45, 2.75) is 68.2 Å². The number of nitrogens with one attached hydrogen (secondary N) is 2. The van der Waals surface area contributed by atoms with Gasteiger partial charge in [-0.2, -0.15) is 12.6 Å². The molecule has 12 nitrogen and oxygen atoms in total. The van der Waals surface area contributed by atoms with Gasteiger partial charge in [-0.15, -0.1) is 0 Å². The summed E-state index contributed by atoms with van der Waals surface area (Å²) in [5.41, 5.74) is -0.939. The number of Topliss-reactive ketones (excluding diaryl/α,β-unsaturated/α-hetero) is 1. The van der Waals surface area contributed by atoms with Crippen LogP contribution in [0.15, 0.2) is 0 Å². The fourth-order valence-corrected chi connectivity index (χ4v) is 5.18. The number of aliphatic hydroxyl groups is 3. The van der Waals surface area contributed by atoms with Crippen LogP contribution in [0.25, 0.3) is 0 Å². The summed E-state index contributed by atoms with van der Waals surface area (Å²) in [6.07, 6.45) is -3.95. The number of ether oxygens (including phenoxy) is 5. The molecule has 9 atom stereocenters. The van der Waals surface area contributed by atoms with Gasteiger partial charge in [0.1, 0.15) is 18.3 Å². The van der Waals surface area contributed by atoms with Crippen molar-refractivity contribution in [1.82, 2.24) is 10.6 Å². The van der Waals surface area contributed by atoms with E-state index in [4.69, 9.17) is 23.7 Å². The molecular formula is C22H38N2O10S. The first kappa shape index (κ1) is 28.7. The van der Waals surface area contributed by atoms with Crippen LogP contribution in [0, 0.1) is 5.92 Å². The summed E-state index contributed by atoms with van der Waals surface area (Å²) in [4.78, 5) is 23.7. The molecule has 1 amide bonds. The molecule has 1 saturated carbocycles. The van der Waals surface area contributed by atoms with Crippen molar-refractivity contribution >= 4 is 24.3 Å². The van der Waals surface area contributed by atoms with Gasteiger partial charge >= 0.3 is 0 Å². The van der Waals surface area contributed by atoms with Gasteiger partial charge < -0.3 is 49.6 Å². The molecular weight excluding hydrogens is 484 g/mol. The first-order valence-corrected chi connectivity index (χ1v) is 12.6. The number of amides is 1. The number of ketones is 1. The summed E-state index contributed by atoms with van der Waals surface area (Å²) in [5.74, 6) is -1.43. The Hall–Kier alpha value is -0.870. The molecule has 2 heterocycles. The molecule has 3 fully saturated rings. The molecule has 2 saturated heterocycles. The highest BCUT2D eigenvalue weighted by Gasteiger charge is 2.60. The third-order valence-electron chi connectivity index (χ3n) is 6.97. The van der Waals surface area contributed by atoms with E-state index in [0.717, 1.165) is 0 Å².